The molecular formula is C13H29NO3Si. The fourth-order valence-electron chi connectivity index (χ4n) is 1.98. The van der Waals surface area contributed by atoms with E-state index in [1.165, 1.54) is 0 Å². The third-order valence-electron chi connectivity index (χ3n) is 4.21. The van der Waals surface area contributed by atoms with Gasteiger partial charge in [0, 0.05) is 6.54 Å². The summed E-state index contributed by atoms with van der Waals surface area (Å²) in [4.78, 5) is 0. The summed E-state index contributed by atoms with van der Waals surface area (Å²) >= 11 is 0. The van der Waals surface area contributed by atoms with Crippen LogP contribution in [0.15, 0.2) is 0 Å². The van der Waals surface area contributed by atoms with Gasteiger partial charge in [0.2, 0.25) is 0 Å². The third kappa shape index (κ3) is 3.33. The van der Waals surface area contributed by atoms with Gasteiger partial charge in [-0.25, -0.2) is 0 Å². The van der Waals surface area contributed by atoms with Gasteiger partial charge in [-0.2, -0.15) is 0 Å². The first kappa shape index (κ1) is 16.1. The summed E-state index contributed by atoms with van der Waals surface area (Å²) in [6.45, 7) is 13.7. The lowest BCUT2D eigenvalue weighted by atomic mass is 10.1. The molecule has 5 heteroatoms. The van der Waals surface area contributed by atoms with E-state index in [4.69, 9.17) is 9.16 Å². The first-order valence-electron chi connectivity index (χ1n) is 6.76. The predicted molar refractivity (Wildman–Crippen MR) is 76.3 cm³/mol. The van der Waals surface area contributed by atoms with E-state index in [0.717, 1.165) is 0 Å². The molecule has 2 N–H and O–H groups in total. The second kappa shape index (κ2) is 5.59. The molecule has 0 aromatic rings. The highest BCUT2D eigenvalue weighted by molar-refractivity contribution is 6.74. The summed E-state index contributed by atoms with van der Waals surface area (Å²) < 4.78 is 12.1. The van der Waals surface area contributed by atoms with Gasteiger partial charge in [0.1, 0.15) is 6.10 Å². The molecule has 1 saturated heterocycles. The van der Waals surface area contributed by atoms with Crippen molar-refractivity contribution in [2.45, 2.75) is 70.2 Å². The predicted octanol–water partition coefficient (Wildman–Crippen LogP) is 1.74. The highest BCUT2D eigenvalue weighted by Crippen LogP contribution is 2.39. The lowest BCUT2D eigenvalue weighted by molar-refractivity contribution is 0.0182. The van der Waals surface area contributed by atoms with Crippen LogP contribution >= 0.6 is 0 Å². The van der Waals surface area contributed by atoms with Gasteiger partial charge in [0.15, 0.2) is 8.32 Å². The van der Waals surface area contributed by atoms with Crippen molar-refractivity contribution in [2.75, 3.05) is 13.6 Å². The minimum atomic E-state index is -1.87. The Morgan fingerprint density at radius 2 is 1.89 bits per heavy atom. The maximum Gasteiger partial charge on any atom is 0.192 e. The molecule has 1 heterocycles. The van der Waals surface area contributed by atoms with Crippen LogP contribution in [-0.2, 0) is 9.16 Å². The fraction of sp³-hybridized carbons (Fsp3) is 1.00. The molecule has 108 valence electrons. The highest BCUT2D eigenvalue weighted by atomic mass is 28.4. The summed E-state index contributed by atoms with van der Waals surface area (Å²) in [5.74, 6) is 0. The fourth-order valence-corrected chi connectivity index (χ4v) is 3.34. The minimum Gasteiger partial charge on any atom is -0.409 e. The van der Waals surface area contributed by atoms with Gasteiger partial charge >= 0.3 is 0 Å². The molecule has 0 spiro atoms. The molecule has 0 aromatic heterocycles. The average Bonchev–Trinajstić information content (AvgIpc) is 2.45. The number of aliphatic hydroxyl groups excluding tert-OH is 1. The molecule has 1 fully saturated rings. The Balaban J connectivity index is 2.73. The van der Waals surface area contributed by atoms with Crippen LogP contribution in [0.4, 0.5) is 0 Å². The van der Waals surface area contributed by atoms with Crippen LogP contribution in [0, 0.1) is 0 Å². The second-order valence-electron chi connectivity index (χ2n) is 6.77. The number of hydrogen-bond acceptors (Lipinski definition) is 4. The van der Waals surface area contributed by atoms with E-state index in [9.17, 15) is 5.11 Å². The number of aliphatic hydroxyl groups is 1. The highest BCUT2D eigenvalue weighted by Gasteiger charge is 2.47. The first-order chi connectivity index (χ1) is 8.10. The van der Waals surface area contributed by atoms with Gasteiger partial charge in [0.25, 0.3) is 0 Å². The van der Waals surface area contributed by atoms with Gasteiger partial charge in [-0.05, 0) is 32.1 Å². The summed E-state index contributed by atoms with van der Waals surface area (Å²) in [5.41, 5.74) is 0. The molecule has 0 saturated carbocycles. The lowest BCUT2D eigenvalue weighted by Gasteiger charge is -2.39. The van der Waals surface area contributed by atoms with Crippen LogP contribution in [-0.4, -0.2) is 51.4 Å². The zero-order valence-corrected chi connectivity index (χ0v) is 13.8. The first-order valence-corrected chi connectivity index (χ1v) is 9.67. The smallest absolute Gasteiger partial charge is 0.192 e. The molecule has 4 atom stereocenters. The minimum absolute atomic E-state index is 0.0486. The van der Waals surface area contributed by atoms with Crippen molar-refractivity contribution in [3.8, 4) is 0 Å². The van der Waals surface area contributed by atoms with E-state index < -0.39 is 14.4 Å². The largest absolute Gasteiger partial charge is 0.409 e. The van der Waals surface area contributed by atoms with E-state index in [2.05, 4.69) is 39.2 Å². The van der Waals surface area contributed by atoms with Gasteiger partial charge in [-0.1, -0.05) is 20.8 Å². The summed E-state index contributed by atoms with van der Waals surface area (Å²) in [6, 6.07) is 0. The topological polar surface area (TPSA) is 50.7 Å². The lowest BCUT2D eigenvalue weighted by Crippen LogP contribution is -2.49. The Kier molecular flexibility index (Phi) is 5.00. The second-order valence-corrected chi connectivity index (χ2v) is 11.5. The van der Waals surface area contributed by atoms with Crippen molar-refractivity contribution in [3.05, 3.63) is 0 Å². The van der Waals surface area contributed by atoms with E-state index in [1.54, 1.807) is 0 Å². The zero-order chi connectivity index (χ0) is 14.1. The Morgan fingerprint density at radius 1 is 1.33 bits per heavy atom. The monoisotopic (exact) mass is 275 g/mol. The molecule has 1 aliphatic rings. The normalized spacial score (nSPS) is 34.0. The standard InChI is InChI=1S/C13H29NO3Si/c1-9-12(11(15)10(16-9)8-14-5)17-18(6,7)13(2,3)4/h9-12,14-15H,8H2,1-7H3/t9-,10+,11?,12+/m0/s1. The molecular weight excluding hydrogens is 246 g/mol. The van der Waals surface area contributed by atoms with Gasteiger partial charge in [-0.3, -0.25) is 0 Å². The van der Waals surface area contributed by atoms with Crippen molar-refractivity contribution >= 4 is 8.32 Å². The SMILES string of the molecule is CNC[C@H]1O[C@@H](C)[C@@H](O[Si](C)(C)C(C)(C)C)C1O. The van der Waals surface area contributed by atoms with Crippen molar-refractivity contribution in [1.29, 1.82) is 0 Å². The van der Waals surface area contributed by atoms with Gasteiger partial charge < -0.3 is 19.6 Å². The molecule has 1 aliphatic heterocycles. The van der Waals surface area contributed by atoms with Crippen LogP contribution < -0.4 is 5.32 Å². The molecule has 18 heavy (non-hydrogen) atoms. The Labute approximate surface area is 112 Å². The van der Waals surface area contributed by atoms with E-state index >= 15 is 0 Å². The average molecular weight is 275 g/mol. The molecule has 1 unspecified atom stereocenters. The molecule has 0 bridgehead atoms. The van der Waals surface area contributed by atoms with Crippen molar-refractivity contribution in [2.24, 2.45) is 0 Å². The molecule has 0 aliphatic carbocycles. The molecule has 4 nitrogen and oxygen atoms in total. The van der Waals surface area contributed by atoms with Crippen LogP contribution in [0.3, 0.4) is 0 Å². The molecule has 1 rings (SSSR count). The van der Waals surface area contributed by atoms with Crippen molar-refractivity contribution in [1.82, 2.24) is 5.32 Å². The van der Waals surface area contributed by atoms with E-state index in [0.29, 0.717) is 6.54 Å². The van der Waals surface area contributed by atoms with Crippen LogP contribution in [0.25, 0.3) is 0 Å². The Morgan fingerprint density at radius 3 is 2.33 bits per heavy atom. The number of ether oxygens (including phenoxy) is 1. The van der Waals surface area contributed by atoms with E-state index in [1.807, 2.05) is 14.0 Å². The quantitative estimate of drug-likeness (QED) is 0.768. The zero-order valence-electron chi connectivity index (χ0n) is 12.8. The van der Waals surface area contributed by atoms with Gasteiger partial charge in [0.05, 0.1) is 18.3 Å². The van der Waals surface area contributed by atoms with Crippen molar-refractivity contribution < 1.29 is 14.3 Å². The van der Waals surface area contributed by atoms with E-state index in [-0.39, 0.29) is 23.4 Å². The number of likely N-dealkylation sites (N-methyl/N-ethyl adjacent to an activating group) is 1. The number of hydrogen-bond donors (Lipinski definition) is 2. The maximum atomic E-state index is 10.3. The van der Waals surface area contributed by atoms with Gasteiger partial charge in [-0.15, -0.1) is 0 Å². The van der Waals surface area contributed by atoms with Crippen LogP contribution in [0.2, 0.25) is 18.1 Å². The number of nitrogens with one attached hydrogen (secondary N) is 1. The Hall–Kier alpha value is 0.0569. The van der Waals surface area contributed by atoms with Crippen LogP contribution in [0.1, 0.15) is 27.7 Å². The third-order valence-corrected chi connectivity index (χ3v) is 8.69. The Bertz CT molecular complexity index is 278. The van der Waals surface area contributed by atoms with Crippen LogP contribution in [0.5, 0.6) is 0 Å². The molecule has 0 amide bonds. The summed E-state index contributed by atoms with van der Waals surface area (Å²) in [6.07, 6.45) is -0.960. The summed E-state index contributed by atoms with van der Waals surface area (Å²) in [7, 11) is -0.00263. The molecule has 0 radical (unpaired) electrons. The molecule has 0 aromatic carbocycles. The van der Waals surface area contributed by atoms with Crippen molar-refractivity contribution in [3.63, 3.8) is 0 Å². The maximum absolute atomic E-state index is 10.3. The summed E-state index contributed by atoms with van der Waals surface area (Å²) in [5, 5.41) is 13.5. The number of rotatable bonds is 4.